The maximum atomic E-state index is 12.2. The molecule has 4 aliphatic carbocycles. The molecule has 3 N–H and O–H groups in total. The van der Waals surface area contributed by atoms with Crippen LogP contribution in [0, 0.1) is 23.7 Å². The van der Waals surface area contributed by atoms with Gasteiger partial charge in [-0.15, -0.1) is 0 Å². The van der Waals surface area contributed by atoms with Crippen molar-refractivity contribution in [1.82, 2.24) is 5.32 Å². The van der Waals surface area contributed by atoms with Gasteiger partial charge in [0.1, 0.15) is 5.54 Å². The molecule has 1 amide bonds. The number of hydrogen-bond acceptors (Lipinski definition) is 3. The number of guanidine groups is 1. The third-order valence-corrected chi connectivity index (χ3v) is 5.29. The van der Waals surface area contributed by atoms with Crippen LogP contribution in [-0.4, -0.2) is 17.4 Å². The van der Waals surface area contributed by atoms with Gasteiger partial charge in [0.15, 0.2) is 5.96 Å². The van der Waals surface area contributed by atoms with Crippen molar-refractivity contribution in [2.24, 2.45) is 34.4 Å². The van der Waals surface area contributed by atoms with Gasteiger partial charge in [0.2, 0.25) is 0 Å². The van der Waals surface area contributed by atoms with E-state index in [2.05, 4.69) is 10.3 Å². The molecule has 4 fully saturated rings. The first-order valence-electron chi connectivity index (χ1n) is 6.35. The predicted molar refractivity (Wildman–Crippen MR) is 59.5 cm³/mol. The minimum absolute atomic E-state index is 0.0822. The fourth-order valence-corrected chi connectivity index (χ4v) is 4.95. The van der Waals surface area contributed by atoms with Crippen molar-refractivity contribution in [3.63, 3.8) is 0 Å². The molecular weight excluding hydrogens is 202 g/mol. The number of amides is 1. The SMILES string of the molecule is NC1=NC2(C(=O)N1)C1CC3CC(C1)CC2C3. The average molecular weight is 219 g/mol. The highest BCUT2D eigenvalue weighted by atomic mass is 16.2. The Labute approximate surface area is 94.7 Å². The molecule has 4 bridgehead atoms. The van der Waals surface area contributed by atoms with Crippen molar-refractivity contribution in [2.45, 2.75) is 37.6 Å². The molecule has 0 aromatic rings. The number of carbonyl (C=O) groups excluding carboxylic acids is 1. The summed E-state index contributed by atoms with van der Waals surface area (Å²) in [6.45, 7) is 0. The van der Waals surface area contributed by atoms with E-state index >= 15 is 0 Å². The molecule has 0 unspecified atom stereocenters. The second-order valence-corrected chi connectivity index (χ2v) is 6.08. The van der Waals surface area contributed by atoms with E-state index in [-0.39, 0.29) is 5.91 Å². The highest BCUT2D eigenvalue weighted by molar-refractivity contribution is 6.07. The predicted octanol–water partition coefficient (Wildman–Crippen LogP) is 0.626. The highest BCUT2D eigenvalue weighted by Gasteiger charge is 2.63. The zero-order valence-electron chi connectivity index (χ0n) is 9.28. The van der Waals surface area contributed by atoms with Crippen LogP contribution in [0.5, 0.6) is 0 Å². The Bertz CT molecular complexity index is 373. The molecule has 0 atom stereocenters. The second kappa shape index (κ2) is 2.60. The standard InChI is InChI=1S/C12H17N3O/c13-11-14-10(16)12(15-11)8-2-6-1-7(4-8)5-9(12)3-6/h6-9H,1-5H2,(H3,13,14,15,16). The van der Waals surface area contributed by atoms with E-state index in [0.717, 1.165) is 11.8 Å². The molecule has 1 spiro atoms. The van der Waals surface area contributed by atoms with Crippen molar-refractivity contribution < 1.29 is 4.79 Å². The summed E-state index contributed by atoms with van der Waals surface area (Å²) in [5.41, 5.74) is 5.24. The monoisotopic (exact) mass is 219 g/mol. The molecule has 4 saturated carbocycles. The molecule has 0 aromatic heterocycles. The van der Waals surface area contributed by atoms with E-state index in [1.54, 1.807) is 0 Å². The maximum absolute atomic E-state index is 12.2. The number of nitrogens with one attached hydrogen (secondary N) is 1. The van der Waals surface area contributed by atoms with Crippen LogP contribution in [0.1, 0.15) is 32.1 Å². The van der Waals surface area contributed by atoms with E-state index in [9.17, 15) is 4.79 Å². The number of nitrogens with zero attached hydrogens (tertiary/aromatic N) is 1. The van der Waals surface area contributed by atoms with Crippen molar-refractivity contribution >= 4 is 11.9 Å². The topological polar surface area (TPSA) is 67.5 Å². The molecule has 0 saturated heterocycles. The van der Waals surface area contributed by atoms with Crippen LogP contribution in [0.25, 0.3) is 0 Å². The number of aliphatic imine (C=N–C) groups is 1. The summed E-state index contributed by atoms with van der Waals surface area (Å²) >= 11 is 0. The van der Waals surface area contributed by atoms with Gasteiger partial charge in [-0.05, 0) is 55.8 Å². The lowest BCUT2D eigenvalue weighted by molar-refractivity contribution is -0.138. The van der Waals surface area contributed by atoms with E-state index in [4.69, 9.17) is 5.73 Å². The fraction of sp³-hybridized carbons (Fsp3) is 0.833. The second-order valence-electron chi connectivity index (χ2n) is 6.08. The fourth-order valence-electron chi connectivity index (χ4n) is 4.95. The van der Waals surface area contributed by atoms with Crippen LogP contribution in [0.15, 0.2) is 4.99 Å². The number of carbonyl (C=O) groups is 1. The van der Waals surface area contributed by atoms with Crippen molar-refractivity contribution in [1.29, 1.82) is 0 Å². The Hall–Kier alpha value is -1.06. The molecule has 4 nitrogen and oxygen atoms in total. The van der Waals surface area contributed by atoms with Gasteiger partial charge < -0.3 is 5.73 Å². The normalized spacial score (nSPS) is 53.2. The van der Waals surface area contributed by atoms with Gasteiger partial charge in [-0.3, -0.25) is 10.1 Å². The summed E-state index contributed by atoms with van der Waals surface area (Å²) in [6, 6.07) is 0. The molecule has 0 radical (unpaired) electrons. The molecular formula is C12H17N3O. The van der Waals surface area contributed by atoms with Crippen molar-refractivity contribution in [2.75, 3.05) is 0 Å². The first-order valence-corrected chi connectivity index (χ1v) is 6.35. The lowest BCUT2D eigenvalue weighted by Crippen LogP contribution is -2.60. The van der Waals surface area contributed by atoms with Crippen LogP contribution in [0.3, 0.4) is 0 Å². The number of nitrogens with two attached hydrogens (primary N) is 1. The van der Waals surface area contributed by atoms with Gasteiger partial charge in [-0.1, -0.05) is 0 Å². The summed E-state index contributed by atoms with van der Waals surface area (Å²) in [5.74, 6) is 3.07. The van der Waals surface area contributed by atoms with Crippen molar-refractivity contribution in [3.05, 3.63) is 0 Å². The van der Waals surface area contributed by atoms with E-state index in [0.29, 0.717) is 17.8 Å². The third kappa shape index (κ3) is 0.874. The van der Waals surface area contributed by atoms with Crippen LogP contribution < -0.4 is 11.1 Å². The zero-order valence-corrected chi connectivity index (χ0v) is 9.28. The lowest BCUT2D eigenvalue weighted by atomic mass is 9.48. The molecule has 4 heteroatoms. The first kappa shape index (κ1) is 9.02. The summed E-state index contributed by atoms with van der Waals surface area (Å²) < 4.78 is 0. The summed E-state index contributed by atoms with van der Waals surface area (Å²) in [6.07, 6.45) is 6.16. The average Bonchev–Trinajstić information content (AvgIpc) is 2.50. The quantitative estimate of drug-likeness (QED) is 0.627. The smallest absolute Gasteiger partial charge is 0.255 e. The van der Waals surface area contributed by atoms with Crippen molar-refractivity contribution in [3.8, 4) is 0 Å². The zero-order chi connectivity index (χ0) is 10.9. The summed E-state index contributed by atoms with van der Waals surface area (Å²) in [5, 5.41) is 2.72. The van der Waals surface area contributed by atoms with Crippen LogP contribution >= 0.6 is 0 Å². The van der Waals surface area contributed by atoms with Gasteiger partial charge in [-0.25, -0.2) is 4.99 Å². The maximum Gasteiger partial charge on any atom is 0.255 e. The lowest BCUT2D eigenvalue weighted by Gasteiger charge is -2.57. The first-order chi connectivity index (χ1) is 7.68. The molecule has 86 valence electrons. The van der Waals surface area contributed by atoms with Crippen LogP contribution in [-0.2, 0) is 4.79 Å². The molecule has 5 rings (SSSR count). The largest absolute Gasteiger partial charge is 0.370 e. The van der Waals surface area contributed by atoms with Gasteiger partial charge in [0.25, 0.3) is 5.91 Å². The van der Waals surface area contributed by atoms with Gasteiger partial charge in [0, 0.05) is 0 Å². The third-order valence-electron chi connectivity index (χ3n) is 5.29. The van der Waals surface area contributed by atoms with Gasteiger partial charge in [0.05, 0.1) is 0 Å². The summed E-state index contributed by atoms with van der Waals surface area (Å²) in [7, 11) is 0. The van der Waals surface area contributed by atoms with Crippen LogP contribution in [0.2, 0.25) is 0 Å². The van der Waals surface area contributed by atoms with E-state index in [1.807, 2.05) is 0 Å². The Kier molecular flexibility index (Phi) is 1.47. The molecule has 0 aromatic carbocycles. The Balaban J connectivity index is 1.82. The highest BCUT2D eigenvalue weighted by Crippen LogP contribution is 2.60. The minimum Gasteiger partial charge on any atom is -0.370 e. The van der Waals surface area contributed by atoms with Gasteiger partial charge >= 0.3 is 0 Å². The number of hydrogen-bond donors (Lipinski definition) is 2. The molecule has 1 aliphatic heterocycles. The van der Waals surface area contributed by atoms with E-state index in [1.165, 1.54) is 32.1 Å². The Morgan fingerprint density at radius 1 is 1.12 bits per heavy atom. The summed E-state index contributed by atoms with van der Waals surface area (Å²) in [4.78, 5) is 16.7. The minimum atomic E-state index is -0.461. The van der Waals surface area contributed by atoms with Gasteiger partial charge in [-0.2, -0.15) is 0 Å². The Morgan fingerprint density at radius 2 is 1.69 bits per heavy atom. The molecule has 16 heavy (non-hydrogen) atoms. The van der Waals surface area contributed by atoms with E-state index < -0.39 is 5.54 Å². The van der Waals surface area contributed by atoms with Crippen LogP contribution in [0.4, 0.5) is 0 Å². The molecule has 1 heterocycles. The molecule has 5 aliphatic rings. The Morgan fingerprint density at radius 3 is 2.12 bits per heavy atom. The number of rotatable bonds is 0.